The minimum Gasteiger partial charge on any atom is -0.504 e. The van der Waals surface area contributed by atoms with Gasteiger partial charge in [-0.05, 0) is 43.3 Å². The highest BCUT2D eigenvalue weighted by Crippen LogP contribution is 2.34. The number of hydrogen-bond acceptors (Lipinski definition) is 4. The first kappa shape index (κ1) is 20.2. The van der Waals surface area contributed by atoms with E-state index in [9.17, 15) is 9.90 Å². The fourth-order valence-corrected chi connectivity index (χ4v) is 3.10. The van der Waals surface area contributed by atoms with Crippen LogP contribution in [-0.4, -0.2) is 17.3 Å². The number of ether oxygens (including phenoxy) is 1. The summed E-state index contributed by atoms with van der Waals surface area (Å²) < 4.78 is 5.32. The number of nitrogens with zero attached hydrogens (tertiary/aromatic N) is 1. The van der Waals surface area contributed by atoms with Crippen molar-refractivity contribution in [3.05, 3.63) is 86.4 Å². The maximum Gasteiger partial charge on any atom is 0.343 e. The molecule has 3 aromatic carbocycles. The van der Waals surface area contributed by atoms with Crippen molar-refractivity contribution in [3.63, 3.8) is 0 Å². The van der Waals surface area contributed by atoms with Gasteiger partial charge in [-0.15, -0.1) is 0 Å². The lowest BCUT2D eigenvalue weighted by Gasteiger charge is -2.09. The average Bonchev–Trinajstić information content (AvgIpc) is 2.64. The number of rotatable bonds is 4. The average molecular weight is 435 g/mol. The molecule has 0 aliphatic heterocycles. The molecule has 0 radical (unpaired) electrons. The van der Waals surface area contributed by atoms with Gasteiger partial charge in [0.05, 0.1) is 16.3 Å². The standard InChI is InChI=1S/C21H14Cl3NO3/c1-12-3-2-4-13(7-12)21(27)28-19-10-16(23)8-14(20(19)26)11-25-18-6-5-15(22)9-17(18)24/h2-11,26H,1H3. The van der Waals surface area contributed by atoms with Gasteiger partial charge in [-0.25, -0.2) is 4.79 Å². The van der Waals surface area contributed by atoms with Gasteiger partial charge in [-0.3, -0.25) is 4.99 Å². The van der Waals surface area contributed by atoms with Crippen LogP contribution in [-0.2, 0) is 0 Å². The Bertz CT molecular complexity index is 1080. The summed E-state index contributed by atoms with van der Waals surface area (Å²) in [6.45, 7) is 1.87. The van der Waals surface area contributed by atoms with Crippen LogP contribution in [0.1, 0.15) is 21.5 Å². The molecule has 0 aliphatic carbocycles. The third-order valence-electron chi connectivity index (χ3n) is 3.78. The van der Waals surface area contributed by atoms with Gasteiger partial charge in [0.1, 0.15) is 0 Å². The number of aryl methyl sites for hydroxylation is 1. The van der Waals surface area contributed by atoms with E-state index in [1.165, 1.54) is 18.3 Å². The second-order valence-corrected chi connectivity index (χ2v) is 7.23. The fraction of sp³-hybridized carbons (Fsp3) is 0.0476. The predicted octanol–water partition coefficient (Wildman–Crippen LogP) is 6.63. The van der Waals surface area contributed by atoms with Gasteiger partial charge in [0.15, 0.2) is 11.5 Å². The molecule has 0 heterocycles. The van der Waals surface area contributed by atoms with Crippen LogP contribution in [0.2, 0.25) is 15.1 Å². The predicted molar refractivity (Wildman–Crippen MR) is 113 cm³/mol. The van der Waals surface area contributed by atoms with Crippen LogP contribution in [0.3, 0.4) is 0 Å². The van der Waals surface area contributed by atoms with Crippen molar-refractivity contribution in [3.8, 4) is 11.5 Å². The molecule has 7 heteroatoms. The molecule has 0 bridgehead atoms. The summed E-state index contributed by atoms with van der Waals surface area (Å²) in [6, 6.07) is 14.6. The molecule has 0 aromatic heterocycles. The molecular formula is C21H14Cl3NO3. The topological polar surface area (TPSA) is 58.9 Å². The van der Waals surface area contributed by atoms with Gasteiger partial charge in [-0.1, -0.05) is 52.5 Å². The van der Waals surface area contributed by atoms with Gasteiger partial charge in [0.25, 0.3) is 0 Å². The number of carbonyl (C=O) groups is 1. The van der Waals surface area contributed by atoms with E-state index in [1.807, 2.05) is 13.0 Å². The van der Waals surface area contributed by atoms with Crippen molar-refractivity contribution >= 4 is 52.7 Å². The molecular weight excluding hydrogens is 421 g/mol. The first-order valence-electron chi connectivity index (χ1n) is 8.14. The number of halogens is 3. The van der Waals surface area contributed by atoms with Crippen molar-refractivity contribution in [1.82, 2.24) is 0 Å². The van der Waals surface area contributed by atoms with E-state index in [1.54, 1.807) is 36.4 Å². The molecule has 0 saturated heterocycles. The normalized spacial score (nSPS) is 11.0. The number of benzene rings is 3. The molecule has 0 unspecified atom stereocenters. The van der Waals surface area contributed by atoms with E-state index in [0.29, 0.717) is 21.3 Å². The van der Waals surface area contributed by atoms with Crippen molar-refractivity contribution in [2.45, 2.75) is 6.92 Å². The summed E-state index contributed by atoms with van der Waals surface area (Å²) >= 11 is 18.1. The Morgan fingerprint density at radius 2 is 1.82 bits per heavy atom. The maximum atomic E-state index is 12.4. The number of aromatic hydroxyl groups is 1. The van der Waals surface area contributed by atoms with Crippen LogP contribution >= 0.6 is 34.8 Å². The molecule has 28 heavy (non-hydrogen) atoms. The van der Waals surface area contributed by atoms with Crippen molar-refractivity contribution in [1.29, 1.82) is 0 Å². The second kappa shape index (κ2) is 8.65. The monoisotopic (exact) mass is 433 g/mol. The zero-order chi connectivity index (χ0) is 20.3. The van der Waals surface area contributed by atoms with Gasteiger partial charge >= 0.3 is 5.97 Å². The maximum absolute atomic E-state index is 12.4. The van der Waals surface area contributed by atoms with Crippen molar-refractivity contribution < 1.29 is 14.6 Å². The Morgan fingerprint density at radius 3 is 2.54 bits per heavy atom. The summed E-state index contributed by atoms with van der Waals surface area (Å²) in [6.07, 6.45) is 1.38. The lowest BCUT2D eigenvalue weighted by atomic mass is 10.1. The Labute approximate surface area is 177 Å². The molecule has 0 amide bonds. The molecule has 4 nitrogen and oxygen atoms in total. The van der Waals surface area contributed by atoms with Crippen LogP contribution < -0.4 is 4.74 Å². The molecule has 142 valence electrons. The van der Waals surface area contributed by atoms with E-state index in [4.69, 9.17) is 39.5 Å². The highest BCUT2D eigenvalue weighted by molar-refractivity contribution is 6.36. The lowest BCUT2D eigenvalue weighted by molar-refractivity contribution is 0.0729. The van der Waals surface area contributed by atoms with Gasteiger partial charge in [0.2, 0.25) is 0 Å². The van der Waals surface area contributed by atoms with Gasteiger partial charge < -0.3 is 9.84 Å². The van der Waals surface area contributed by atoms with Crippen molar-refractivity contribution in [2.24, 2.45) is 4.99 Å². The van der Waals surface area contributed by atoms with Gasteiger partial charge in [-0.2, -0.15) is 0 Å². The minimum absolute atomic E-state index is 0.0670. The molecule has 3 aromatic rings. The molecule has 0 spiro atoms. The third kappa shape index (κ3) is 4.84. The molecule has 0 atom stereocenters. The van der Waals surface area contributed by atoms with E-state index < -0.39 is 5.97 Å². The van der Waals surface area contributed by atoms with Crippen LogP contribution in [0.4, 0.5) is 5.69 Å². The van der Waals surface area contributed by atoms with Crippen molar-refractivity contribution in [2.75, 3.05) is 0 Å². The zero-order valence-corrected chi connectivity index (χ0v) is 16.9. The summed E-state index contributed by atoms with van der Waals surface area (Å²) in [5.41, 5.74) is 2.01. The Hall–Kier alpha value is -2.53. The highest BCUT2D eigenvalue weighted by atomic mass is 35.5. The Balaban J connectivity index is 1.89. The molecule has 1 N–H and O–H groups in total. The molecule has 3 rings (SSSR count). The number of aliphatic imine (C=N–C) groups is 1. The van der Waals surface area contributed by atoms with Crippen LogP contribution in [0.5, 0.6) is 11.5 Å². The third-order valence-corrected chi connectivity index (χ3v) is 4.53. The zero-order valence-electron chi connectivity index (χ0n) is 14.6. The smallest absolute Gasteiger partial charge is 0.343 e. The molecule has 0 saturated carbocycles. The highest BCUT2D eigenvalue weighted by Gasteiger charge is 2.15. The Morgan fingerprint density at radius 1 is 1.04 bits per heavy atom. The first-order chi connectivity index (χ1) is 13.3. The van der Waals surface area contributed by atoms with E-state index in [2.05, 4.69) is 4.99 Å². The molecule has 0 aliphatic rings. The number of carbonyl (C=O) groups excluding carboxylic acids is 1. The minimum atomic E-state index is -0.607. The van der Waals surface area contributed by atoms with Crippen LogP contribution in [0.25, 0.3) is 0 Å². The van der Waals surface area contributed by atoms with Crippen LogP contribution in [0.15, 0.2) is 59.6 Å². The number of esters is 1. The number of phenols is 1. The Kier molecular flexibility index (Phi) is 6.25. The second-order valence-electron chi connectivity index (χ2n) is 5.95. The summed E-state index contributed by atoms with van der Waals surface area (Å²) in [7, 11) is 0. The van der Waals surface area contributed by atoms with Gasteiger partial charge in [0, 0.05) is 27.9 Å². The summed E-state index contributed by atoms with van der Waals surface area (Å²) in [5, 5.41) is 11.6. The lowest BCUT2D eigenvalue weighted by Crippen LogP contribution is -2.09. The molecule has 0 fully saturated rings. The largest absolute Gasteiger partial charge is 0.504 e. The fourth-order valence-electron chi connectivity index (χ4n) is 2.43. The number of phenolic OH excluding ortho intramolecular Hbond substituents is 1. The number of hydrogen-bond donors (Lipinski definition) is 1. The van der Waals surface area contributed by atoms with E-state index in [0.717, 1.165) is 5.56 Å². The van der Waals surface area contributed by atoms with E-state index in [-0.39, 0.29) is 22.1 Å². The summed E-state index contributed by atoms with van der Waals surface area (Å²) in [5.74, 6) is -0.938. The SMILES string of the molecule is Cc1cccc(C(=O)Oc2cc(Cl)cc(C=Nc3ccc(Cl)cc3Cl)c2O)c1. The van der Waals surface area contributed by atoms with Crippen LogP contribution in [0, 0.1) is 6.92 Å². The summed E-state index contributed by atoms with van der Waals surface area (Å²) in [4.78, 5) is 16.6. The first-order valence-corrected chi connectivity index (χ1v) is 9.27. The van der Waals surface area contributed by atoms with E-state index >= 15 is 0 Å². The quantitative estimate of drug-likeness (QED) is 0.285.